The van der Waals surface area contributed by atoms with Crippen LogP contribution in [0.4, 0.5) is 5.82 Å². The molecule has 1 saturated carbocycles. The molecule has 0 radical (unpaired) electrons. The Bertz CT molecular complexity index is 1110. The first-order chi connectivity index (χ1) is 14.5. The monoisotopic (exact) mass is 423 g/mol. The summed E-state index contributed by atoms with van der Waals surface area (Å²) in [7, 11) is 0. The first-order valence-electron chi connectivity index (χ1n) is 10.1. The van der Waals surface area contributed by atoms with Gasteiger partial charge < -0.3 is 19.9 Å². The van der Waals surface area contributed by atoms with Crippen molar-refractivity contribution >= 4 is 23.3 Å². The molecule has 0 spiro atoms. The van der Waals surface area contributed by atoms with E-state index in [4.69, 9.17) is 16.6 Å². The van der Waals surface area contributed by atoms with Gasteiger partial charge >= 0.3 is 0 Å². The fourth-order valence-electron chi connectivity index (χ4n) is 4.15. The van der Waals surface area contributed by atoms with Crippen molar-refractivity contribution in [3.8, 4) is 11.4 Å². The molecule has 3 heterocycles. The van der Waals surface area contributed by atoms with E-state index in [1.165, 1.54) is 0 Å². The third kappa shape index (κ3) is 3.14. The lowest BCUT2D eigenvalue weighted by Crippen LogP contribution is -2.58. The molecule has 1 amide bonds. The number of aryl methyl sites for hydroxylation is 1. The van der Waals surface area contributed by atoms with Crippen molar-refractivity contribution in [2.75, 3.05) is 4.90 Å². The van der Waals surface area contributed by atoms with Crippen LogP contribution in [0, 0.1) is 6.92 Å². The van der Waals surface area contributed by atoms with Gasteiger partial charge in [-0.2, -0.15) is 0 Å². The Morgan fingerprint density at radius 2 is 1.93 bits per heavy atom. The van der Waals surface area contributed by atoms with Gasteiger partial charge in [-0.25, -0.2) is 9.97 Å². The number of aromatic nitrogens is 3. The average molecular weight is 424 g/mol. The molecule has 1 aromatic carbocycles. The number of amides is 1. The molecule has 0 bridgehead atoms. The van der Waals surface area contributed by atoms with Crippen molar-refractivity contribution in [2.24, 2.45) is 0 Å². The Labute approximate surface area is 179 Å². The maximum Gasteiger partial charge on any atom is 0.275 e. The first-order valence-corrected chi connectivity index (χ1v) is 10.5. The van der Waals surface area contributed by atoms with Gasteiger partial charge in [0.2, 0.25) is 6.35 Å². The Morgan fingerprint density at radius 1 is 1.17 bits per heavy atom. The molecular weight excluding hydrogens is 402 g/mol. The number of aliphatic hydroxyl groups excluding tert-OH is 1. The molecular formula is C22H22ClN5O2. The number of carbonyl (C=O) groups is 1. The minimum Gasteiger partial charge on any atom is -0.356 e. The number of anilines is 1. The highest BCUT2D eigenvalue weighted by atomic mass is 35.5. The van der Waals surface area contributed by atoms with Gasteiger partial charge in [0, 0.05) is 23.8 Å². The Hall–Kier alpha value is -2.90. The van der Waals surface area contributed by atoms with Crippen LogP contribution in [-0.2, 0) is 6.54 Å². The Morgan fingerprint density at radius 3 is 2.60 bits per heavy atom. The highest BCUT2D eigenvalue weighted by Crippen LogP contribution is 2.38. The van der Waals surface area contributed by atoms with Crippen molar-refractivity contribution < 1.29 is 9.90 Å². The van der Waals surface area contributed by atoms with Crippen LogP contribution in [0.2, 0.25) is 5.15 Å². The number of hydrogen-bond donors (Lipinski definition) is 2. The number of rotatable bonds is 4. The number of nitrogens with one attached hydrogen (secondary N) is 1. The Balaban J connectivity index is 1.71. The number of aliphatic hydroxyl groups is 1. The molecule has 1 aliphatic carbocycles. The molecule has 3 aromatic rings. The number of imidazole rings is 1. The molecule has 8 heteroatoms. The third-order valence-corrected chi connectivity index (χ3v) is 6.09. The lowest BCUT2D eigenvalue weighted by atomic mass is 9.91. The maximum absolute atomic E-state index is 13.0. The highest BCUT2D eigenvalue weighted by Gasteiger charge is 2.41. The molecule has 1 atom stereocenters. The van der Waals surface area contributed by atoms with E-state index >= 15 is 0 Å². The van der Waals surface area contributed by atoms with Gasteiger partial charge in [-0.05, 0) is 43.9 Å². The van der Waals surface area contributed by atoms with Gasteiger partial charge in [-0.15, -0.1) is 0 Å². The Kier molecular flexibility index (Phi) is 4.72. The van der Waals surface area contributed by atoms with Crippen molar-refractivity contribution in [3.63, 3.8) is 0 Å². The normalized spacial score (nSPS) is 18.7. The van der Waals surface area contributed by atoms with Crippen LogP contribution in [0.1, 0.15) is 41.0 Å². The van der Waals surface area contributed by atoms with Crippen LogP contribution in [0.5, 0.6) is 0 Å². The quantitative estimate of drug-likeness (QED) is 0.629. The summed E-state index contributed by atoms with van der Waals surface area (Å²) < 4.78 is 1.91. The highest BCUT2D eigenvalue weighted by molar-refractivity contribution is 6.29. The number of carbonyl (C=O) groups excluding carboxylic acids is 1. The standard InChI is InChI=1S/C22H22ClN5O2/c1-13-16(10-11-17(23)24-13)19-25-20-18(27(19)12-14-6-3-2-4-7-14)21(29)26-22(30)28(20)15-8-5-9-15/h2-4,6-7,10-11,15,22,30H,5,8-9,12H2,1H3,(H,26,29). The van der Waals surface area contributed by atoms with Crippen LogP contribution in [0.3, 0.4) is 0 Å². The van der Waals surface area contributed by atoms with Crippen LogP contribution in [0.15, 0.2) is 42.5 Å². The molecule has 1 unspecified atom stereocenters. The van der Waals surface area contributed by atoms with Gasteiger partial charge in [-0.3, -0.25) is 4.79 Å². The zero-order valence-electron chi connectivity index (χ0n) is 16.5. The molecule has 30 heavy (non-hydrogen) atoms. The predicted octanol–water partition coefficient (Wildman–Crippen LogP) is 3.33. The summed E-state index contributed by atoms with van der Waals surface area (Å²) in [6.45, 7) is 2.35. The topological polar surface area (TPSA) is 83.3 Å². The van der Waals surface area contributed by atoms with E-state index in [9.17, 15) is 9.90 Å². The third-order valence-electron chi connectivity index (χ3n) is 5.88. The summed E-state index contributed by atoms with van der Waals surface area (Å²) in [5.41, 5.74) is 3.05. The van der Waals surface area contributed by atoms with E-state index in [0.29, 0.717) is 29.0 Å². The molecule has 5 rings (SSSR count). The van der Waals surface area contributed by atoms with Crippen molar-refractivity contribution in [2.45, 2.75) is 45.1 Å². The van der Waals surface area contributed by atoms with Crippen LogP contribution >= 0.6 is 11.6 Å². The molecule has 1 aliphatic heterocycles. The van der Waals surface area contributed by atoms with E-state index in [0.717, 1.165) is 36.1 Å². The van der Waals surface area contributed by atoms with Crippen LogP contribution in [0.25, 0.3) is 11.4 Å². The molecule has 154 valence electrons. The second kappa shape index (κ2) is 7.41. The van der Waals surface area contributed by atoms with Crippen molar-refractivity contribution in [3.05, 3.63) is 64.6 Å². The average Bonchev–Trinajstić information content (AvgIpc) is 3.03. The summed E-state index contributed by atoms with van der Waals surface area (Å²) in [6, 6.07) is 13.7. The number of nitrogens with zero attached hydrogens (tertiary/aromatic N) is 4. The van der Waals surface area contributed by atoms with E-state index in [2.05, 4.69) is 10.3 Å². The van der Waals surface area contributed by atoms with E-state index in [1.807, 2.05) is 52.8 Å². The predicted molar refractivity (Wildman–Crippen MR) is 114 cm³/mol. The molecule has 1 fully saturated rings. The lowest BCUT2D eigenvalue weighted by Gasteiger charge is -2.43. The van der Waals surface area contributed by atoms with Crippen LogP contribution in [-0.4, -0.2) is 37.9 Å². The summed E-state index contributed by atoms with van der Waals surface area (Å²) in [5.74, 6) is 0.831. The van der Waals surface area contributed by atoms with Gasteiger partial charge in [0.15, 0.2) is 11.5 Å². The van der Waals surface area contributed by atoms with Gasteiger partial charge in [0.05, 0.1) is 0 Å². The summed E-state index contributed by atoms with van der Waals surface area (Å²) >= 11 is 6.06. The minimum absolute atomic E-state index is 0.164. The molecule has 0 saturated heterocycles. The van der Waals surface area contributed by atoms with E-state index in [-0.39, 0.29) is 11.9 Å². The second-order valence-electron chi connectivity index (χ2n) is 7.79. The summed E-state index contributed by atoms with van der Waals surface area (Å²) in [5, 5.41) is 13.7. The zero-order chi connectivity index (χ0) is 20.8. The van der Waals surface area contributed by atoms with Gasteiger partial charge in [0.25, 0.3) is 5.91 Å². The summed E-state index contributed by atoms with van der Waals surface area (Å²) in [4.78, 5) is 24.1. The fraction of sp³-hybridized carbons (Fsp3) is 0.318. The van der Waals surface area contributed by atoms with Gasteiger partial charge in [-0.1, -0.05) is 41.9 Å². The number of benzene rings is 1. The van der Waals surface area contributed by atoms with Crippen LogP contribution < -0.4 is 10.2 Å². The SMILES string of the molecule is Cc1nc(Cl)ccc1-c1nc2c(n1Cc1ccccc1)C(=O)NC(O)N2C1CCC1. The van der Waals surface area contributed by atoms with E-state index in [1.54, 1.807) is 6.07 Å². The minimum atomic E-state index is -1.08. The van der Waals surface area contributed by atoms with E-state index < -0.39 is 6.35 Å². The zero-order valence-corrected chi connectivity index (χ0v) is 17.3. The molecule has 7 nitrogen and oxygen atoms in total. The number of pyridine rings is 1. The van der Waals surface area contributed by atoms with Crippen molar-refractivity contribution in [1.29, 1.82) is 0 Å². The fourth-order valence-corrected chi connectivity index (χ4v) is 4.33. The largest absolute Gasteiger partial charge is 0.356 e. The van der Waals surface area contributed by atoms with Crippen molar-refractivity contribution in [1.82, 2.24) is 19.9 Å². The number of hydrogen-bond acceptors (Lipinski definition) is 5. The second-order valence-corrected chi connectivity index (χ2v) is 8.17. The number of fused-ring (bicyclic) bond motifs is 1. The summed E-state index contributed by atoms with van der Waals surface area (Å²) in [6.07, 6.45) is 1.96. The molecule has 2 aromatic heterocycles. The maximum atomic E-state index is 13.0. The first kappa shape index (κ1) is 19.1. The smallest absolute Gasteiger partial charge is 0.275 e. The lowest BCUT2D eigenvalue weighted by molar-refractivity contribution is 0.0675. The molecule has 2 aliphatic rings. The van der Waals surface area contributed by atoms with Gasteiger partial charge in [0.1, 0.15) is 11.0 Å². The molecule has 2 N–H and O–H groups in total. The number of halogens is 1.